The molecule has 1 fully saturated rings. The average molecular weight is 262 g/mol. The molecular weight excluding hydrogens is 236 g/mol. The number of nitrogens with two attached hydrogens (primary N) is 1. The third kappa shape index (κ3) is 3.56. The van der Waals surface area contributed by atoms with Crippen LogP contribution in [0.25, 0.3) is 0 Å². The number of morpholine rings is 1. The maximum Gasteiger partial charge on any atom is 0.0678 e. The normalized spacial score (nSPS) is 28.0. The van der Waals surface area contributed by atoms with Gasteiger partial charge in [-0.2, -0.15) is 0 Å². The van der Waals surface area contributed by atoms with Crippen molar-refractivity contribution in [1.29, 1.82) is 0 Å². The summed E-state index contributed by atoms with van der Waals surface area (Å²) in [5.41, 5.74) is 7.45. The summed E-state index contributed by atoms with van der Waals surface area (Å²) in [6.07, 6.45) is 1.56. The molecule has 19 heavy (non-hydrogen) atoms. The molecule has 0 amide bonds. The molecule has 1 aliphatic rings. The van der Waals surface area contributed by atoms with Gasteiger partial charge in [0, 0.05) is 25.2 Å². The molecule has 1 aliphatic heterocycles. The molecule has 1 heterocycles. The molecule has 0 saturated carbocycles. The molecule has 0 bridgehead atoms. The first-order valence-corrected chi connectivity index (χ1v) is 7.18. The van der Waals surface area contributed by atoms with Crippen molar-refractivity contribution >= 4 is 0 Å². The number of nitrogens with zero attached hydrogens (tertiary/aromatic N) is 1. The van der Waals surface area contributed by atoms with Crippen molar-refractivity contribution in [3.63, 3.8) is 0 Å². The van der Waals surface area contributed by atoms with Crippen LogP contribution in [0.5, 0.6) is 0 Å². The van der Waals surface area contributed by atoms with Crippen LogP contribution in [-0.4, -0.2) is 42.3 Å². The van der Waals surface area contributed by atoms with Gasteiger partial charge in [-0.1, -0.05) is 30.3 Å². The Bertz CT molecular complexity index is 385. The van der Waals surface area contributed by atoms with Gasteiger partial charge in [0.15, 0.2) is 0 Å². The second-order valence-corrected chi connectivity index (χ2v) is 6.03. The van der Waals surface area contributed by atoms with Crippen LogP contribution in [-0.2, 0) is 11.2 Å². The molecule has 3 unspecified atom stereocenters. The summed E-state index contributed by atoms with van der Waals surface area (Å²) in [4.78, 5) is 2.50. The maximum absolute atomic E-state index is 6.09. The molecule has 106 valence electrons. The zero-order valence-electron chi connectivity index (χ0n) is 12.3. The highest BCUT2D eigenvalue weighted by molar-refractivity contribution is 5.18. The van der Waals surface area contributed by atoms with Crippen LogP contribution in [0.4, 0.5) is 0 Å². The lowest BCUT2D eigenvalue weighted by molar-refractivity contribution is -0.0972. The van der Waals surface area contributed by atoms with E-state index < -0.39 is 0 Å². The lowest BCUT2D eigenvalue weighted by Gasteiger charge is -2.46. The van der Waals surface area contributed by atoms with Crippen LogP contribution in [0.1, 0.15) is 26.3 Å². The van der Waals surface area contributed by atoms with Gasteiger partial charge >= 0.3 is 0 Å². The summed E-state index contributed by atoms with van der Waals surface area (Å²) in [7, 11) is 0. The van der Waals surface area contributed by atoms with Gasteiger partial charge in [-0.25, -0.2) is 0 Å². The number of hydrogen-bond donors (Lipinski definition) is 1. The highest BCUT2D eigenvalue weighted by Crippen LogP contribution is 2.24. The van der Waals surface area contributed by atoms with Gasteiger partial charge in [-0.3, -0.25) is 4.90 Å². The first kappa shape index (κ1) is 14.5. The van der Waals surface area contributed by atoms with E-state index in [1.807, 2.05) is 0 Å². The Labute approximate surface area is 116 Å². The molecule has 0 aliphatic carbocycles. The molecule has 2 rings (SSSR count). The van der Waals surface area contributed by atoms with Crippen LogP contribution in [0.2, 0.25) is 0 Å². The molecule has 0 aromatic heterocycles. The predicted octanol–water partition coefficient (Wildman–Crippen LogP) is 2.06. The van der Waals surface area contributed by atoms with Crippen LogP contribution in [0, 0.1) is 0 Å². The zero-order chi connectivity index (χ0) is 13.9. The minimum atomic E-state index is 0.00759. The highest BCUT2D eigenvalue weighted by atomic mass is 16.5. The molecule has 3 nitrogen and oxygen atoms in total. The average Bonchev–Trinajstić information content (AvgIpc) is 2.38. The van der Waals surface area contributed by atoms with Crippen molar-refractivity contribution in [1.82, 2.24) is 4.90 Å². The Morgan fingerprint density at radius 1 is 1.21 bits per heavy atom. The maximum atomic E-state index is 6.09. The molecule has 1 aromatic rings. The topological polar surface area (TPSA) is 38.5 Å². The van der Waals surface area contributed by atoms with E-state index in [1.54, 1.807) is 0 Å². The van der Waals surface area contributed by atoms with Gasteiger partial charge in [-0.15, -0.1) is 0 Å². The van der Waals surface area contributed by atoms with Crippen LogP contribution < -0.4 is 5.73 Å². The second-order valence-electron chi connectivity index (χ2n) is 6.03. The summed E-state index contributed by atoms with van der Waals surface area (Å²) < 4.78 is 5.82. The summed E-state index contributed by atoms with van der Waals surface area (Å²) in [5, 5.41) is 0. The SMILES string of the molecule is CC1CN(C(C)(CN)Cc2ccccc2)CC(C)O1. The van der Waals surface area contributed by atoms with E-state index in [2.05, 4.69) is 56.0 Å². The fourth-order valence-corrected chi connectivity index (χ4v) is 2.97. The van der Waals surface area contributed by atoms with Gasteiger partial charge in [0.2, 0.25) is 0 Å². The Morgan fingerprint density at radius 3 is 2.32 bits per heavy atom. The van der Waals surface area contributed by atoms with Gasteiger partial charge in [0.05, 0.1) is 12.2 Å². The molecule has 2 N–H and O–H groups in total. The van der Waals surface area contributed by atoms with Gasteiger partial charge in [0.25, 0.3) is 0 Å². The van der Waals surface area contributed by atoms with Gasteiger partial charge in [0.1, 0.15) is 0 Å². The quantitative estimate of drug-likeness (QED) is 0.902. The highest BCUT2D eigenvalue weighted by Gasteiger charge is 2.35. The number of hydrogen-bond acceptors (Lipinski definition) is 3. The first-order valence-electron chi connectivity index (χ1n) is 7.18. The summed E-state index contributed by atoms with van der Waals surface area (Å²) in [5.74, 6) is 0. The summed E-state index contributed by atoms with van der Waals surface area (Å²) in [6, 6.07) is 10.6. The van der Waals surface area contributed by atoms with Crippen molar-refractivity contribution in [2.24, 2.45) is 5.73 Å². The Balaban J connectivity index is 2.12. The summed E-state index contributed by atoms with van der Waals surface area (Å²) >= 11 is 0. The van der Waals surface area contributed by atoms with Crippen LogP contribution in [0.3, 0.4) is 0 Å². The Hall–Kier alpha value is -0.900. The molecule has 1 aromatic carbocycles. The molecule has 3 heteroatoms. The van der Waals surface area contributed by atoms with Crippen LogP contribution in [0.15, 0.2) is 30.3 Å². The Kier molecular flexibility index (Phi) is 4.61. The van der Waals surface area contributed by atoms with Crippen molar-refractivity contribution in [2.75, 3.05) is 19.6 Å². The number of rotatable bonds is 4. The largest absolute Gasteiger partial charge is 0.373 e. The van der Waals surface area contributed by atoms with E-state index in [0.717, 1.165) is 19.5 Å². The van der Waals surface area contributed by atoms with E-state index in [-0.39, 0.29) is 17.7 Å². The van der Waals surface area contributed by atoms with E-state index >= 15 is 0 Å². The molecule has 1 saturated heterocycles. The van der Waals surface area contributed by atoms with Crippen molar-refractivity contribution in [3.05, 3.63) is 35.9 Å². The van der Waals surface area contributed by atoms with Crippen molar-refractivity contribution in [2.45, 2.75) is 44.9 Å². The number of benzene rings is 1. The molecular formula is C16H26N2O. The fraction of sp³-hybridized carbons (Fsp3) is 0.625. The lowest BCUT2D eigenvalue weighted by Crippen LogP contribution is -2.60. The lowest BCUT2D eigenvalue weighted by atomic mass is 9.89. The smallest absolute Gasteiger partial charge is 0.0678 e. The monoisotopic (exact) mass is 262 g/mol. The van der Waals surface area contributed by atoms with Crippen molar-refractivity contribution in [3.8, 4) is 0 Å². The van der Waals surface area contributed by atoms with E-state index in [1.165, 1.54) is 5.56 Å². The third-order valence-corrected chi connectivity index (χ3v) is 4.05. The zero-order valence-corrected chi connectivity index (χ0v) is 12.3. The fourth-order valence-electron chi connectivity index (χ4n) is 2.97. The van der Waals surface area contributed by atoms with Gasteiger partial charge in [-0.05, 0) is 32.8 Å². The predicted molar refractivity (Wildman–Crippen MR) is 79.2 cm³/mol. The summed E-state index contributed by atoms with van der Waals surface area (Å²) in [6.45, 7) is 9.14. The molecule has 3 atom stereocenters. The van der Waals surface area contributed by atoms with Gasteiger partial charge < -0.3 is 10.5 Å². The second kappa shape index (κ2) is 6.04. The third-order valence-electron chi connectivity index (χ3n) is 4.05. The Morgan fingerprint density at radius 2 is 1.79 bits per heavy atom. The van der Waals surface area contributed by atoms with Crippen molar-refractivity contribution < 1.29 is 4.74 Å². The molecule has 0 spiro atoms. The van der Waals surface area contributed by atoms with Crippen LogP contribution >= 0.6 is 0 Å². The molecule has 0 radical (unpaired) electrons. The van der Waals surface area contributed by atoms with E-state index in [0.29, 0.717) is 6.54 Å². The minimum absolute atomic E-state index is 0.00759. The number of ether oxygens (including phenoxy) is 1. The minimum Gasteiger partial charge on any atom is -0.373 e. The standard InChI is InChI=1S/C16H26N2O/c1-13-10-18(11-14(2)19-13)16(3,12-17)9-15-7-5-4-6-8-15/h4-8,13-14H,9-12,17H2,1-3H3. The first-order chi connectivity index (χ1) is 9.03. The van der Waals surface area contributed by atoms with E-state index in [4.69, 9.17) is 10.5 Å². The van der Waals surface area contributed by atoms with E-state index in [9.17, 15) is 0 Å².